The minimum Gasteiger partial charge on any atom is -0.378 e. The predicted octanol–water partition coefficient (Wildman–Crippen LogP) is 3.25. The second-order valence-electron chi connectivity index (χ2n) is 7.39. The Morgan fingerprint density at radius 1 is 1.33 bits per heavy atom. The number of anilines is 1. The van der Waals surface area contributed by atoms with Gasteiger partial charge in [-0.3, -0.25) is 9.79 Å². The Morgan fingerprint density at radius 2 is 2.07 bits per heavy atom. The van der Waals surface area contributed by atoms with Gasteiger partial charge >= 0.3 is 0 Å². The van der Waals surface area contributed by atoms with Crippen LogP contribution in [0, 0.1) is 5.92 Å². The standard InChI is InChI=1S/C21H34N4O2/c1-5-27-19-9-11-25(12-10-19)21(22-4)23-15-17-7-6-8-18(14-17)24-20(26)13-16(2)3/h6-8,14,16,19H,5,9-13,15H2,1-4H3,(H,22,23)(H,24,26). The molecule has 0 unspecified atom stereocenters. The van der Waals surface area contributed by atoms with Gasteiger partial charge in [0.05, 0.1) is 6.10 Å². The summed E-state index contributed by atoms with van der Waals surface area (Å²) in [5.74, 6) is 1.33. The van der Waals surface area contributed by atoms with Crippen molar-refractivity contribution in [3.63, 3.8) is 0 Å². The Balaban J connectivity index is 1.86. The lowest BCUT2D eigenvalue weighted by Crippen LogP contribution is -2.46. The van der Waals surface area contributed by atoms with Crippen molar-refractivity contribution in [1.82, 2.24) is 10.2 Å². The first-order valence-corrected chi connectivity index (χ1v) is 9.97. The van der Waals surface area contributed by atoms with Gasteiger partial charge in [0.2, 0.25) is 5.91 Å². The van der Waals surface area contributed by atoms with Crippen LogP contribution in [0.5, 0.6) is 0 Å². The van der Waals surface area contributed by atoms with Crippen LogP contribution in [0.4, 0.5) is 5.69 Å². The molecule has 0 spiro atoms. The van der Waals surface area contributed by atoms with E-state index in [0.29, 0.717) is 25.0 Å². The number of guanidine groups is 1. The van der Waals surface area contributed by atoms with Gasteiger partial charge in [-0.25, -0.2) is 0 Å². The maximum absolute atomic E-state index is 12.0. The average Bonchev–Trinajstić information content (AvgIpc) is 2.63. The van der Waals surface area contributed by atoms with E-state index in [-0.39, 0.29) is 5.91 Å². The Labute approximate surface area is 163 Å². The molecule has 1 aliphatic rings. The van der Waals surface area contributed by atoms with Crippen molar-refractivity contribution < 1.29 is 9.53 Å². The molecule has 0 aromatic heterocycles. The number of amides is 1. The summed E-state index contributed by atoms with van der Waals surface area (Å²) in [6, 6.07) is 7.97. The van der Waals surface area contributed by atoms with Gasteiger partial charge in [-0.05, 0) is 43.4 Å². The van der Waals surface area contributed by atoms with Crippen LogP contribution in [-0.4, -0.2) is 49.6 Å². The van der Waals surface area contributed by atoms with Crippen molar-refractivity contribution >= 4 is 17.6 Å². The largest absolute Gasteiger partial charge is 0.378 e. The zero-order valence-corrected chi connectivity index (χ0v) is 17.1. The Hall–Kier alpha value is -2.08. The summed E-state index contributed by atoms with van der Waals surface area (Å²) in [7, 11) is 1.82. The number of likely N-dealkylation sites (tertiary alicyclic amines) is 1. The molecule has 0 atom stereocenters. The summed E-state index contributed by atoms with van der Waals surface area (Å²) in [6.45, 7) is 9.50. The number of benzene rings is 1. The maximum Gasteiger partial charge on any atom is 0.224 e. The highest BCUT2D eigenvalue weighted by Crippen LogP contribution is 2.15. The molecule has 1 fully saturated rings. The molecule has 2 rings (SSSR count). The SMILES string of the molecule is CCOC1CCN(C(=NC)NCc2cccc(NC(=O)CC(C)C)c2)CC1. The van der Waals surface area contributed by atoms with E-state index >= 15 is 0 Å². The molecule has 1 aromatic rings. The molecule has 1 amide bonds. The van der Waals surface area contributed by atoms with E-state index in [1.165, 1.54) is 0 Å². The molecule has 2 N–H and O–H groups in total. The molecular formula is C21H34N4O2. The van der Waals surface area contributed by atoms with Gasteiger partial charge in [-0.15, -0.1) is 0 Å². The predicted molar refractivity (Wildman–Crippen MR) is 111 cm³/mol. The van der Waals surface area contributed by atoms with E-state index in [4.69, 9.17) is 4.74 Å². The van der Waals surface area contributed by atoms with Crippen LogP contribution in [-0.2, 0) is 16.1 Å². The van der Waals surface area contributed by atoms with Gasteiger partial charge in [0.15, 0.2) is 5.96 Å². The van der Waals surface area contributed by atoms with E-state index < -0.39 is 0 Å². The third kappa shape index (κ3) is 7.21. The lowest BCUT2D eigenvalue weighted by Gasteiger charge is -2.34. The number of nitrogens with zero attached hydrogens (tertiary/aromatic N) is 2. The molecule has 1 aromatic carbocycles. The molecule has 1 aliphatic heterocycles. The van der Waals surface area contributed by atoms with Crippen molar-refractivity contribution in [2.75, 3.05) is 32.1 Å². The molecule has 150 valence electrons. The second kappa shape index (κ2) is 10.9. The molecule has 0 radical (unpaired) electrons. The molecular weight excluding hydrogens is 340 g/mol. The van der Waals surface area contributed by atoms with Gasteiger partial charge in [0.25, 0.3) is 0 Å². The molecule has 1 saturated heterocycles. The monoisotopic (exact) mass is 374 g/mol. The van der Waals surface area contributed by atoms with Crippen LogP contribution in [0.1, 0.15) is 45.6 Å². The van der Waals surface area contributed by atoms with E-state index in [9.17, 15) is 4.79 Å². The van der Waals surface area contributed by atoms with Gasteiger partial charge in [0, 0.05) is 45.4 Å². The summed E-state index contributed by atoms with van der Waals surface area (Å²) in [6.07, 6.45) is 2.97. The Kier molecular flexibility index (Phi) is 8.58. The molecule has 6 nitrogen and oxygen atoms in total. The molecule has 1 heterocycles. The number of rotatable bonds is 7. The van der Waals surface area contributed by atoms with E-state index in [1.807, 2.05) is 46.0 Å². The fourth-order valence-electron chi connectivity index (χ4n) is 3.33. The third-order valence-electron chi connectivity index (χ3n) is 4.61. The van der Waals surface area contributed by atoms with Crippen molar-refractivity contribution in [2.45, 2.75) is 52.7 Å². The lowest BCUT2D eigenvalue weighted by molar-refractivity contribution is -0.116. The van der Waals surface area contributed by atoms with Gasteiger partial charge in [-0.1, -0.05) is 26.0 Å². The van der Waals surface area contributed by atoms with Gasteiger partial charge < -0.3 is 20.3 Å². The van der Waals surface area contributed by atoms with Crippen LogP contribution in [0.2, 0.25) is 0 Å². The summed E-state index contributed by atoms with van der Waals surface area (Å²) in [5, 5.41) is 6.41. The first-order valence-electron chi connectivity index (χ1n) is 9.97. The quantitative estimate of drug-likeness (QED) is 0.568. The number of hydrogen-bond donors (Lipinski definition) is 2. The van der Waals surface area contributed by atoms with Gasteiger partial charge in [0.1, 0.15) is 0 Å². The van der Waals surface area contributed by atoms with Crippen LogP contribution < -0.4 is 10.6 Å². The molecule has 27 heavy (non-hydrogen) atoms. The van der Waals surface area contributed by atoms with E-state index in [1.54, 1.807) is 0 Å². The average molecular weight is 375 g/mol. The van der Waals surface area contributed by atoms with Crippen molar-refractivity contribution in [3.05, 3.63) is 29.8 Å². The summed E-state index contributed by atoms with van der Waals surface area (Å²) in [5.41, 5.74) is 1.95. The molecule has 0 aliphatic carbocycles. The maximum atomic E-state index is 12.0. The number of hydrogen-bond acceptors (Lipinski definition) is 3. The number of aliphatic imine (C=N–C) groups is 1. The number of carbonyl (C=O) groups excluding carboxylic acids is 1. The fourth-order valence-corrected chi connectivity index (χ4v) is 3.33. The van der Waals surface area contributed by atoms with E-state index in [0.717, 1.165) is 49.7 Å². The Bertz CT molecular complexity index is 622. The minimum absolute atomic E-state index is 0.0584. The first-order chi connectivity index (χ1) is 13.0. The van der Waals surface area contributed by atoms with Crippen LogP contribution in [0.3, 0.4) is 0 Å². The lowest BCUT2D eigenvalue weighted by atomic mass is 10.1. The van der Waals surface area contributed by atoms with Crippen LogP contribution in [0.15, 0.2) is 29.3 Å². The third-order valence-corrected chi connectivity index (χ3v) is 4.61. The number of nitrogens with one attached hydrogen (secondary N) is 2. The zero-order chi connectivity index (χ0) is 19.6. The molecule has 0 bridgehead atoms. The van der Waals surface area contributed by atoms with Crippen molar-refractivity contribution in [1.29, 1.82) is 0 Å². The topological polar surface area (TPSA) is 66.0 Å². The van der Waals surface area contributed by atoms with Gasteiger partial charge in [-0.2, -0.15) is 0 Å². The summed E-state index contributed by atoms with van der Waals surface area (Å²) >= 11 is 0. The number of piperidine rings is 1. The minimum atomic E-state index is 0.0584. The highest BCUT2D eigenvalue weighted by atomic mass is 16.5. The summed E-state index contributed by atoms with van der Waals surface area (Å²) in [4.78, 5) is 18.7. The smallest absolute Gasteiger partial charge is 0.224 e. The van der Waals surface area contributed by atoms with Crippen molar-refractivity contribution in [2.24, 2.45) is 10.9 Å². The van der Waals surface area contributed by atoms with Crippen molar-refractivity contribution in [3.8, 4) is 0 Å². The molecule has 0 saturated carbocycles. The highest BCUT2D eigenvalue weighted by Gasteiger charge is 2.21. The zero-order valence-electron chi connectivity index (χ0n) is 17.1. The number of carbonyl (C=O) groups is 1. The normalized spacial score (nSPS) is 15.9. The number of ether oxygens (including phenoxy) is 1. The Morgan fingerprint density at radius 3 is 2.70 bits per heavy atom. The van der Waals surface area contributed by atoms with Crippen LogP contribution in [0.25, 0.3) is 0 Å². The summed E-state index contributed by atoms with van der Waals surface area (Å²) < 4.78 is 5.72. The second-order valence-corrected chi connectivity index (χ2v) is 7.39. The van der Waals surface area contributed by atoms with E-state index in [2.05, 4.69) is 26.6 Å². The fraction of sp³-hybridized carbons (Fsp3) is 0.619. The molecule has 6 heteroatoms. The first kappa shape index (κ1) is 21.2. The van der Waals surface area contributed by atoms with Crippen LogP contribution >= 0.6 is 0 Å². The highest BCUT2D eigenvalue weighted by molar-refractivity contribution is 5.90.